The molecule has 0 radical (unpaired) electrons. The molecule has 1 amide bonds. The molecule has 1 fully saturated rings. The number of anilines is 2. The van der Waals surface area contributed by atoms with Crippen LogP contribution >= 0.6 is 11.6 Å². The van der Waals surface area contributed by atoms with Gasteiger partial charge >= 0.3 is 5.97 Å². The van der Waals surface area contributed by atoms with Crippen LogP contribution in [-0.4, -0.2) is 44.8 Å². The molecular formula is C26H27ClN2O5. The van der Waals surface area contributed by atoms with E-state index in [2.05, 4.69) is 10.2 Å². The molecule has 1 aliphatic rings. The minimum absolute atomic E-state index is 0.152. The summed E-state index contributed by atoms with van der Waals surface area (Å²) < 4.78 is 16.6. The van der Waals surface area contributed by atoms with Crippen molar-refractivity contribution in [1.82, 2.24) is 0 Å². The van der Waals surface area contributed by atoms with Crippen LogP contribution in [0.15, 0.2) is 52.9 Å². The molecule has 0 bridgehead atoms. The SMILES string of the molecule is CCCOC(=O)c1cc(NC(=O)c2ccc(-c3ccc(C)c(Cl)c3)o2)ccc1N1CCOCC1. The zero-order valence-electron chi connectivity index (χ0n) is 19.2. The molecular weight excluding hydrogens is 456 g/mol. The molecule has 178 valence electrons. The number of benzene rings is 2. The first-order valence-corrected chi connectivity index (χ1v) is 11.7. The van der Waals surface area contributed by atoms with Crippen molar-refractivity contribution in [3.05, 3.63) is 70.4 Å². The van der Waals surface area contributed by atoms with E-state index in [0.29, 0.717) is 54.9 Å². The molecule has 7 nitrogen and oxygen atoms in total. The number of hydrogen-bond acceptors (Lipinski definition) is 6. The molecule has 0 unspecified atom stereocenters. The van der Waals surface area contributed by atoms with Crippen molar-refractivity contribution >= 4 is 34.9 Å². The molecule has 1 N–H and O–H groups in total. The maximum atomic E-state index is 12.8. The fourth-order valence-corrected chi connectivity index (χ4v) is 3.86. The summed E-state index contributed by atoms with van der Waals surface area (Å²) in [5, 5.41) is 3.44. The van der Waals surface area contributed by atoms with Gasteiger partial charge in [-0.3, -0.25) is 4.79 Å². The third kappa shape index (κ3) is 5.43. The Labute approximate surface area is 203 Å². The van der Waals surface area contributed by atoms with Crippen molar-refractivity contribution in [3.8, 4) is 11.3 Å². The average molecular weight is 483 g/mol. The number of morpholine rings is 1. The van der Waals surface area contributed by atoms with Crippen LogP contribution in [0.3, 0.4) is 0 Å². The van der Waals surface area contributed by atoms with Crippen molar-refractivity contribution in [1.29, 1.82) is 0 Å². The van der Waals surface area contributed by atoms with Crippen LogP contribution in [-0.2, 0) is 9.47 Å². The first-order chi connectivity index (χ1) is 16.5. The number of halogens is 1. The summed E-state index contributed by atoms with van der Waals surface area (Å²) in [6.45, 7) is 6.73. The van der Waals surface area contributed by atoms with Crippen molar-refractivity contribution in [2.45, 2.75) is 20.3 Å². The third-order valence-electron chi connectivity index (χ3n) is 5.55. The van der Waals surface area contributed by atoms with Crippen molar-refractivity contribution in [2.24, 2.45) is 0 Å². The fourth-order valence-electron chi connectivity index (χ4n) is 3.68. The highest BCUT2D eigenvalue weighted by molar-refractivity contribution is 6.31. The van der Waals surface area contributed by atoms with Gasteiger partial charge in [0.15, 0.2) is 5.76 Å². The number of furan rings is 1. The quantitative estimate of drug-likeness (QED) is 0.444. The van der Waals surface area contributed by atoms with E-state index in [9.17, 15) is 9.59 Å². The van der Waals surface area contributed by atoms with Crippen molar-refractivity contribution < 1.29 is 23.5 Å². The Hall–Kier alpha value is -3.29. The summed E-state index contributed by atoms with van der Waals surface area (Å²) in [4.78, 5) is 27.7. The topological polar surface area (TPSA) is 81.0 Å². The maximum Gasteiger partial charge on any atom is 0.340 e. The number of nitrogens with one attached hydrogen (secondary N) is 1. The lowest BCUT2D eigenvalue weighted by Gasteiger charge is -2.30. The number of carbonyl (C=O) groups is 2. The average Bonchev–Trinajstić information content (AvgIpc) is 3.35. The van der Waals surface area contributed by atoms with Crippen LogP contribution in [0.2, 0.25) is 5.02 Å². The Morgan fingerprint density at radius 1 is 1.09 bits per heavy atom. The normalized spacial score (nSPS) is 13.6. The van der Waals surface area contributed by atoms with E-state index in [0.717, 1.165) is 23.2 Å². The van der Waals surface area contributed by atoms with Gasteiger partial charge in [-0.15, -0.1) is 0 Å². The number of hydrogen-bond donors (Lipinski definition) is 1. The number of esters is 1. The standard InChI is InChI=1S/C26H27ClN2O5/c1-3-12-33-26(31)20-16-19(6-7-22(20)29-10-13-32-14-11-29)28-25(30)24-9-8-23(34-24)18-5-4-17(2)21(27)15-18/h4-9,15-16H,3,10-14H2,1-2H3,(H,28,30). The Balaban J connectivity index is 1.54. The van der Waals surface area contributed by atoms with E-state index in [1.807, 2.05) is 32.0 Å². The molecule has 0 saturated carbocycles. The fraction of sp³-hybridized carbons (Fsp3) is 0.308. The van der Waals surface area contributed by atoms with Crippen LogP contribution in [0.25, 0.3) is 11.3 Å². The third-order valence-corrected chi connectivity index (χ3v) is 5.96. The second-order valence-corrected chi connectivity index (χ2v) is 8.46. The van der Waals surface area contributed by atoms with Crippen LogP contribution in [0.1, 0.15) is 39.8 Å². The Morgan fingerprint density at radius 2 is 1.88 bits per heavy atom. The monoisotopic (exact) mass is 482 g/mol. The number of carbonyl (C=O) groups excluding carboxylic acids is 2. The molecule has 8 heteroatoms. The van der Waals surface area contributed by atoms with Gasteiger partial charge in [0, 0.05) is 29.4 Å². The lowest BCUT2D eigenvalue weighted by atomic mass is 10.1. The van der Waals surface area contributed by atoms with Gasteiger partial charge in [0.2, 0.25) is 0 Å². The highest BCUT2D eigenvalue weighted by Gasteiger charge is 2.21. The van der Waals surface area contributed by atoms with E-state index in [1.54, 1.807) is 30.3 Å². The molecule has 1 saturated heterocycles. The molecule has 0 atom stereocenters. The number of ether oxygens (including phenoxy) is 2. The lowest BCUT2D eigenvalue weighted by molar-refractivity contribution is 0.0504. The number of amides is 1. The van der Waals surface area contributed by atoms with Crippen molar-refractivity contribution in [3.63, 3.8) is 0 Å². The van der Waals surface area contributed by atoms with E-state index >= 15 is 0 Å². The van der Waals surface area contributed by atoms with Gasteiger partial charge in [-0.2, -0.15) is 0 Å². The minimum atomic E-state index is -0.420. The summed E-state index contributed by atoms with van der Waals surface area (Å²) in [6, 6.07) is 14.2. The van der Waals surface area contributed by atoms with Crippen LogP contribution in [0.4, 0.5) is 11.4 Å². The van der Waals surface area contributed by atoms with Gasteiger partial charge in [-0.05, 0) is 55.3 Å². The molecule has 1 aliphatic heterocycles. The van der Waals surface area contributed by atoms with Gasteiger partial charge in [-0.25, -0.2) is 4.79 Å². The van der Waals surface area contributed by atoms with E-state index in [-0.39, 0.29) is 5.76 Å². The Kier molecular flexibility index (Phi) is 7.55. The first-order valence-electron chi connectivity index (χ1n) is 11.3. The molecule has 0 spiro atoms. The molecule has 2 aromatic carbocycles. The van der Waals surface area contributed by atoms with E-state index in [1.165, 1.54) is 0 Å². The summed E-state index contributed by atoms with van der Waals surface area (Å²) in [6.07, 6.45) is 0.724. The second-order valence-electron chi connectivity index (χ2n) is 8.05. The first kappa shape index (κ1) is 23.9. The van der Waals surface area contributed by atoms with Gasteiger partial charge < -0.3 is 24.1 Å². The van der Waals surface area contributed by atoms with Crippen molar-refractivity contribution in [2.75, 3.05) is 43.1 Å². The lowest BCUT2D eigenvalue weighted by Crippen LogP contribution is -2.37. The second kappa shape index (κ2) is 10.8. The molecule has 4 rings (SSSR count). The Bertz CT molecular complexity index is 1180. The van der Waals surface area contributed by atoms with E-state index in [4.69, 9.17) is 25.5 Å². The van der Waals surface area contributed by atoms with E-state index < -0.39 is 11.9 Å². The maximum absolute atomic E-state index is 12.8. The summed E-state index contributed by atoms with van der Waals surface area (Å²) in [7, 11) is 0. The van der Waals surface area contributed by atoms with Crippen LogP contribution in [0, 0.1) is 6.92 Å². The predicted molar refractivity (Wildman–Crippen MR) is 132 cm³/mol. The smallest absolute Gasteiger partial charge is 0.340 e. The van der Waals surface area contributed by atoms with Gasteiger partial charge in [0.25, 0.3) is 5.91 Å². The van der Waals surface area contributed by atoms with Crippen LogP contribution < -0.4 is 10.2 Å². The highest BCUT2D eigenvalue weighted by Crippen LogP contribution is 2.29. The predicted octanol–water partition coefficient (Wildman–Crippen LogP) is 5.56. The number of rotatable bonds is 7. The zero-order chi connectivity index (χ0) is 24.1. The summed E-state index contributed by atoms with van der Waals surface area (Å²) >= 11 is 6.21. The largest absolute Gasteiger partial charge is 0.462 e. The number of aryl methyl sites for hydroxylation is 1. The van der Waals surface area contributed by atoms with Gasteiger partial charge in [-0.1, -0.05) is 30.7 Å². The summed E-state index contributed by atoms with van der Waals surface area (Å²) in [5.74, 6) is -0.148. The molecule has 34 heavy (non-hydrogen) atoms. The van der Waals surface area contributed by atoms with Gasteiger partial charge in [0.05, 0.1) is 31.1 Å². The summed E-state index contributed by atoms with van der Waals surface area (Å²) in [5.41, 5.74) is 3.39. The van der Waals surface area contributed by atoms with Crippen LogP contribution in [0.5, 0.6) is 0 Å². The Morgan fingerprint density at radius 3 is 2.62 bits per heavy atom. The highest BCUT2D eigenvalue weighted by atomic mass is 35.5. The molecule has 0 aliphatic carbocycles. The number of nitrogens with zero attached hydrogens (tertiary/aromatic N) is 1. The molecule has 3 aromatic rings. The molecule has 2 heterocycles. The zero-order valence-corrected chi connectivity index (χ0v) is 20.0. The minimum Gasteiger partial charge on any atom is -0.462 e. The molecule has 1 aromatic heterocycles. The van der Waals surface area contributed by atoms with Gasteiger partial charge in [0.1, 0.15) is 5.76 Å².